The first-order chi connectivity index (χ1) is 18.1. The van der Waals surface area contributed by atoms with E-state index in [1.54, 1.807) is 6.07 Å². The Morgan fingerprint density at radius 2 is 1.84 bits per heavy atom. The van der Waals surface area contributed by atoms with Crippen molar-refractivity contribution in [3.05, 3.63) is 55.4 Å². The molecule has 1 saturated heterocycles. The van der Waals surface area contributed by atoms with Gasteiger partial charge in [-0.3, -0.25) is 9.69 Å². The van der Waals surface area contributed by atoms with Crippen LogP contribution >= 0.6 is 23.2 Å². The summed E-state index contributed by atoms with van der Waals surface area (Å²) in [7, 11) is 0. The monoisotopic (exact) mass is 563 g/mol. The van der Waals surface area contributed by atoms with E-state index in [1.807, 2.05) is 16.5 Å². The Morgan fingerprint density at radius 3 is 2.45 bits per heavy atom. The van der Waals surface area contributed by atoms with E-state index in [0.717, 1.165) is 50.8 Å². The minimum Gasteiger partial charge on any atom is -0.358 e. The second-order valence-electron chi connectivity index (χ2n) is 12.1. The molecule has 2 aromatic rings. The van der Waals surface area contributed by atoms with Crippen LogP contribution in [-0.2, 0) is 16.9 Å². The summed E-state index contributed by atoms with van der Waals surface area (Å²) in [6, 6.07) is 4.49. The van der Waals surface area contributed by atoms with Gasteiger partial charge in [-0.05, 0) is 85.3 Å². The number of halogens is 3. The van der Waals surface area contributed by atoms with Crippen molar-refractivity contribution in [2.45, 2.75) is 64.0 Å². The van der Waals surface area contributed by atoms with Crippen molar-refractivity contribution in [3.8, 4) is 0 Å². The van der Waals surface area contributed by atoms with Crippen molar-refractivity contribution in [1.29, 1.82) is 0 Å². The lowest BCUT2D eigenvalue weighted by atomic mass is 9.46. The van der Waals surface area contributed by atoms with Crippen LogP contribution < -0.4 is 0 Å². The Kier molecular flexibility index (Phi) is 6.47. The number of amides is 1. The van der Waals surface area contributed by atoms with Gasteiger partial charge in [0.25, 0.3) is 0 Å². The van der Waals surface area contributed by atoms with Crippen molar-refractivity contribution in [2.24, 2.45) is 17.3 Å². The molecule has 5 aliphatic rings. The number of aromatic nitrogens is 2. The highest BCUT2D eigenvalue weighted by molar-refractivity contribution is 6.33. The van der Waals surface area contributed by atoms with Crippen LogP contribution in [0, 0.1) is 40.1 Å². The van der Waals surface area contributed by atoms with Gasteiger partial charge in [0.1, 0.15) is 5.82 Å². The van der Waals surface area contributed by atoms with Crippen LogP contribution in [0.1, 0.15) is 56.2 Å². The third-order valence-corrected chi connectivity index (χ3v) is 10.3. The van der Waals surface area contributed by atoms with Gasteiger partial charge in [0.2, 0.25) is 5.91 Å². The van der Waals surface area contributed by atoms with E-state index in [2.05, 4.69) is 10.00 Å². The largest absolute Gasteiger partial charge is 0.408 e. The summed E-state index contributed by atoms with van der Waals surface area (Å²) >= 11 is 12.5. The molecule has 4 aliphatic carbocycles. The molecule has 11 heteroatoms. The highest BCUT2D eigenvalue weighted by atomic mass is 35.5. The Hall–Kier alpha value is -2.23. The first-order valence-electron chi connectivity index (χ1n) is 13.4. The fourth-order valence-electron chi connectivity index (χ4n) is 8.38. The second-order valence-corrected chi connectivity index (χ2v) is 12.9. The van der Waals surface area contributed by atoms with Gasteiger partial charge in [0.05, 0.1) is 16.3 Å². The van der Waals surface area contributed by atoms with E-state index in [1.165, 1.54) is 18.6 Å². The molecular weight excluding hydrogens is 532 g/mol. The molecule has 1 aromatic carbocycles. The highest BCUT2D eigenvalue weighted by Gasteiger charge is 2.61. The predicted molar refractivity (Wildman–Crippen MR) is 142 cm³/mol. The van der Waals surface area contributed by atoms with Crippen LogP contribution in [0.3, 0.4) is 0 Å². The Bertz CT molecular complexity index is 1280. The summed E-state index contributed by atoms with van der Waals surface area (Å²) in [5.74, 6) is 0.586. The molecule has 0 spiro atoms. The quantitative estimate of drug-likeness (QED) is 0.338. The maximum atomic E-state index is 13.6. The fraction of sp³-hybridized carbons (Fsp3) is 0.630. The molecule has 4 bridgehead atoms. The first-order valence-corrected chi connectivity index (χ1v) is 14.2. The van der Waals surface area contributed by atoms with Gasteiger partial charge in [-0.25, -0.2) is 4.39 Å². The summed E-state index contributed by atoms with van der Waals surface area (Å²) in [5, 5.41) is 16.5. The molecule has 0 N–H and O–H groups in total. The van der Waals surface area contributed by atoms with Gasteiger partial charge in [0, 0.05) is 44.2 Å². The van der Waals surface area contributed by atoms with Crippen LogP contribution in [0.25, 0.3) is 0 Å². The standard InChI is InChI=1S/C27H32Cl2FN5O3/c1-17-24(29)25(35(37)38)31-34(17)27-12-18-8-19(13-27)11-26(10-18,16-27)14-23(36)33-6-4-32(5-7-33)15-20-2-3-21(30)9-22(20)28/h2-3,9,18-19H,4-8,10-16H2,1H3. The number of piperazine rings is 1. The lowest BCUT2D eigenvalue weighted by Gasteiger charge is -2.61. The van der Waals surface area contributed by atoms with E-state index >= 15 is 0 Å². The van der Waals surface area contributed by atoms with E-state index in [-0.39, 0.29) is 33.5 Å². The molecule has 7 rings (SSSR count). The smallest absolute Gasteiger partial charge is 0.358 e. The van der Waals surface area contributed by atoms with Gasteiger partial charge in [-0.15, -0.1) is 0 Å². The molecule has 0 radical (unpaired) electrons. The second kappa shape index (κ2) is 9.45. The molecule has 8 nitrogen and oxygen atoms in total. The van der Waals surface area contributed by atoms with Crippen molar-refractivity contribution in [3.63, 3.8) is 0 Å². The molecular formula is C27H32Cl2FN5O3. The van der Waals surface area contributed by atoms with Crippen molar-refractivity contribution < 1.29 is 14.1 Å². The van der Waals surface area contributed by atoms with Gasteiger partial charge >= 0.3 is 5.82 Å². The molecule has 2 atom stereocenters. The number of carbonyl (C=O) groups excluding carboxylic acids is 1. The lowest BCUT2D eigenvalue weighted by Crippen LogP contribution is -2.58. The Balaban J connectivity index is 1.14. The molecule has 38 heavy (non-hydrogen) atoms. The summed E-state index contributed by atoms with van der Waals surface area (Å²) in [6.07, 6.45) is 6.46. The zero-order chi connectivity index (χ0) is 26.8. The fourth-order valence-corrected chi connectivity index (χ4v) is 8.80. The number of hydrogen-bond donors (Lipinski definition) is 0. The zero-order valence-electron chi connectivity index (χ0n) is 21.5. The van der Waals surface area contributed by atoms with Gasteiger partial charge in [0.15, 0.2) is 5.02 Å². The Morgan fingerprint density at radius 1 is 1.16 bits per heavy atom. The third-order valence-electron chi connectivity index (χ3n) is 9.46. The summed E-state index contributed by atoms with van der Waals surface area (Å²) in [5.41, 5.74) is 1.14. The van der Waals surface area contributed by atoms with Crippen molar-refractivity contribution in [1.82, 2.24) is 19.6 Å². The van der Waals surface area contributed by atoms with E-state index in [4.69, 9.17) is 23.2 Å². The third kappa shape index (κ3) is 4.50. The van der Waals surface area contributed by atoms with E-state index < -0.39 is 4.92 Å². The van der Waals surface area contributed by atoms with Gasteiger partial charge in [-0.2, -0.15) is 4.68 Å². The number of nitro groups is 1. The maximum absolute atomic E-state index is 13.6. The number of benzene rings is 1. The minimum absolute atomic E-state index is 0.0976. The van der Waals surface area contributed by atoms with Crippen molar-refractivity contribution in [2.75, 3.05) is 26.2 Å². The Labute approximate surface area is 231 Å². The van der Waals surface area contributed by atoms with Crippen LogP contribution in [0.15, 0.2) is 18.2 Å². The van der Waals surface area contributed by atoms with Gasteiger partial charge in [-0.1, -0.05) is 29.3 Å². The normalized spacial score (nSPS) is 30.7. The van der Waals surface area contributed by atoms with Crippen molar-refractivity contribution >= 4 is 34.9 Å². The van der Waals surface area contributed by atoms with Crippen LogP contribution in [-0.4, -0.2) is 56.6 Å². The average molecular weight is 564 g/mol. The summed E-state index contributed by atoms with van der Waals surface area (Å²) in [4.78, 5) is 28.9. The topological polar surface area (TPSA) is 84.5 Å². The SMILES string of the molecule is Cc1c(Cl)c([N+](=O)[O-])nn1C12CC3CC(CC(CC(=O)N4CCN(Cc5ccc(F)cc5Cl)CC4)(C3)C1)C2. The average Bonchev–Trinajstić information content (AvgIpc) is 3.15. The summed E-state index contributed by atoms with van der Waals surface area (Å²) < 4.78 is 15.2. The lowest BCUT2D eigenvalue weighted by molar-refractivity contribution is -0.389. The van der Waals surface area contributed by atoms with Crippen LogP contribution in [0.5, 0.6) is 0 Å². The minimum atomic E-state index is -0.505. The predicted octanol–water partition coefficient (Wildman–Crippen LogP) is 5.58. The molecule has 2 unspecified atom stereocenters. The summed E-state index contributed by atoms with van der Waals surface area (Å²) in [6.45, 7) is 5.26. The van der Waals surface area contributed by atoms with Gasteiger partial charge < -0.3 is 15.0 Å². The molecule has 2 heterocycles. The van der Waals surface area contributed by atoms with Crippen LogP contribution in [0.4, 0.5) is 10.2 Å². The van der Waals surface area contributed by atoms with Crippen LogP contribution in [0.2, 0.25) is 10.0 Å². The molecule has 1 aliphatic heterocycles. The number of carbonyl (C=O) groups is 1. The molecule has 1 aromatic heterocycles. The number of nitrogens with zero attached hydrogens (tertiary/aromatic N) is 5. The first kappa shape index (κ1) is 26.0. The highest BCUT2D eigenvalue weighted by Crippen LogP contribution is 2.65. The van der Waals surface area contributed by atoms with E-state index in [0.29, 0.717) is 48.6 Å². The number of rotatable bonds is 6. The van der Waals surface area contributed by atoms with E-state index in [9.17, 15) is 19.3 Å². The molecule has 204 valence electrons. The maximum Gasteiger partial charge on any atom is 0.408 e. The number of hydrogen-bond acceptors (Lipinski definition) is 5. The molecule has 1 amide bonds. The molecule has 5 fully saturated rings. The molecule has 4 saturated carbocycles. The zero-order valence-corrected chi connectivity index (χ0v) is 23.0.